The highest BCUT2D eigenvalue weighted by atomic mass is 32.1. The van der Waals surface area contributed by atoms with Gasteiger partial charge in [-0.25, -0.2) is 0 Å². The lowest BCUT2D eigenvalue weighted by Gasteiger charge is -2.18. The second-order valence-electron chi connectivity index (χ2n) is 5.42. The lowest BCUT2D eigenvalue weighted by molar-refractivity contribution is 0.0935. The third kappa shape index (κ3) is 3.22. The molecule has 0 unspecified atom stereocenters. The Kier molecular flexibility index (Phi) is 3.88. The third-order valence-corrected chi connectivity index (χ3v) is 4.90. The number of Topliss-reactive ketones (excluding diaryl/α,β-unsaturated/α-hetero) is 1. The molecule has 0 aliphatic heterocycles. The number of hydrogen-bond acceptors (Lipinski definition) is 3. The Morgan fingerprint density at radius 1 is 1.10 bits per heavy atom. The van der Waals surface area contributed by atoms with Gasteiger partial charge in [0.05, 0.1) is 15.8 Å². The third-order valence-electron chi connectivity index (χ3n) is 3.72. The number of carbonyl (C=O) groups excluding carboxylic acids is 2. The zero-order valence-electron chi connectivity index (χ0n) is 11.8. The van der Waals surface area contributed by atoms with Crippen LogP contribution in [0.3, 0.4) is 0 Å². The van der Waals surface area contributed by atoms with Crippen molar-refractivity contribution in [2.24, 2.45) is 5.92 Å². The summed E-state index contributed by atoms with van der Waals surface area (Å²) >= 11 is 1.26. The first-order chi connectivity index (χ1) is 10.1. The van der Waals surface area contributed by atoms with E-state index in [0.717, 1.165) is 18.4 Å². The van der Waals surface area contributed by atoms with Gasteiger partial charge >= 0.3 is 0 Å². The van der Waals surface area contributed by atoms with E-state index in [1.54, 1.807) is 12.1 Å². The van der Waals surface area contributed by atoms with Gasteiger partial charge in [-0.05, 0) is 43.4 Å². The highest BCUT2D eigenvalue weighted by Gasteiger charge is 2.33. The summed E-state index contributed by atoms with van der Waals surface area (Å²) in [6.07, 6.45) is 2.31. The summed E-state index contributed by atoms with van der Waals surface area (Å²) in [4.78, 5) is 24.9. The first kappa shape index (κ1) is 14.0. The molecular weight excluding hydrogens is 282 g/mol. The summed E-state index contributed by atoms with van der Waals surface area (Å²) in [5.41, 5.74) is 1.15. The van der Waals surface area contributed by atoms with E-state index in [-0.39, 0.29) is 17.7 Å². The Balaban J connectivity index is 1.76. The summed E-state index contributed by atoms with van der Waals surface area (Å²) in [5.74, 6) is 0.442. The van der Waals surface area contributed by atoms with Crippen LogP contribution in [0, 0.1) is 5.92 Å². The van der Waals surface area contributed by atoms with Crippen LogP contribution in [-0.2, 0) is 0 Å². The van der Waals surface area contributed by atoms with Gasteiger partial charge in [-0.15, -0.1) is 11.3 Å². The van der Waals surface area contributed by atoms with Crippen molar-refractivity contribution in [2.75, 3.05) is 0 Å². The molecule has 1 aliphatic rings. The predicted molar refractivity (Wildman–Crippen MR) is 83.7 cm³/mol. The first-order valence-electron chi connectivity index (χ1n) is 7.12. The molecule has 0 radical (unpaired) electrons. The van der Waals surface area contributed by atoms with Gasteiger partial charge in [-0.1, -0.05) is 30.3 Å². The quantitative estimate of drug-likeness (QED) is 0.853. The normalized spacial score (nSPS) is 15.5. The van der Waals surface area contributed by atoms with Crippen molar-refractivity contribution in [3.63, 3.8) is 0 Å². The van der Waals surface area contributed by atoms with Crippen LogP contribution < -0.4 is 5.32 Å². The lowest BCUT2D eigenvalue weighted by atomic mass is 10.0. The van der Waals surface area contributed by atoms with Gasteiger partial charge in [0.15, 0.2) is 5.78 Å². The van der Waals surface area contributed by atoms with E-state index in [2.05, 4.69) is 17.4 Å². The topological polar surface area (TPSA) is 46.2 Å². The molecule has 4 heteroatoms. The van der Waals surface area contributed by atoms with Crippen molar-refractivity contribution in [3.8, 4) is 0 Å². The molecule has 21 heavy (non-hydrogen) atoms. The Labute approximate surface area is 128 Å². The Morgan fingerprint density at radius 3 is 2.33 bits per heavy atom. The van der Waals surface area contributed by atoms with Gasteiger partial charge in [0.1, 0.15) is 0 Å². The summed E-state index contributed by atoms with van der Waals surface area (Å²) in [5, 5.41) is 3.12. The molecule has 2 aromatic rings. The first-order valence-corrected chi connectivity index (χ1v) is 7.93. The molecule has 1 N–H and O–H groups in total. The molecule has 1 atom stereocenters. The van der Waals surface area contributed by atoms with Crippen molar-refractivity contribution in [1.29, 1.82) is 0 Å². The van der Waals surface area contributed by atoms with Crippen molar-refractivity contribution < 1.29 is 9.59 Å². The van der Waals surface area contributed by atoms with E-state index in [4.69, 9.17) is 0 Å². The Hall–Kier alpha value is -1.94. The van der Waals surface area contributed by atoms with Crippen molar-refractivity contribution in [3.05, 3.63) is 57.8 Å². The van der Waals surface area contributed by atoms with Crippen LogP contribution in [0.15, 0.2) is 42.5 Å². The summed E-state index contributed by atoms with van der Waals surface area (Å²) < 4.78 is 0. The maximum atomic E-state index is 12.4. The lowest BCUT2D eigenvalue weighted by Crippen LogP contribution is -2.29. The molecule has 1 aromatic carbocycles. The molecule has 1 fully saturated rings. The van der Waals surface area contributed by atoms with Crippen LogP contribution in [0.1, 0.15) is 50.7 Å². The Morgan fingerprint density at radius 2 is 1.76 bits per heavy atom. The van der Waals surface area contributed by atoms with E-state index < -0.39 is 0 Å². The van der Waals surface area contributed by atoms with E-state index in [9.17, 15) is 9.59 Å². The van der Waals surface area contributed by atoms with E-state index in [1.807, 2.05) is 18.2 Å². The molecule has 1 aliphatic carbocycles. The maximum Gasteiger partial charge on any atom is 0.261 e. The largest absolute Gasteiger partial charge is 0.344 e. The molecule has 1 amide bonds. The molecule has 1 saturated carbocycles. The van der Waals surface area contributed by atoms with Gasteiger partial charge < -0.3 is 5.32 Å². The highest BCUT2D eigenvalue weighted by molar-refractivity contribution is 7.15. The average molecular weight is 299 g/mol. The van der Waals surface area contributed by atoms with Crippen molar-refractivity contribution in [1.82, 2.24) is 5.32 Å². The van der Waals surface area contributed by atoms with Gasteiger partial charge in [0.25, 0.3) is 5.91 Å². The number of ketones is 1. The fourth-order valence-corrected chi connectivity index (χ4v) is 3.23. The number of carbonyl (C=O) groups is 2. The van der Waals surface area contributed by atoms with Crippen LogP contribution >= 0.6 is 11.3 Å². The summed E-state index contributed by atoms with van der Waals surface area (Å²) in [6, 6.07) is 13.6. The van der Waals surface area contributed by atoms with Gasteiger partial charge in [0.2, 0.25) is 0 Å². The molecule has 1 heterocycles. The number of amides is 1. The monoisotopic (exact) mass is 299 g/mol. The van der Waals surface area contributed by atoms with E-state index >= 15 is 0 Å². The van der Waals surface area contributed by atoms with E-state index in [1.165, 1.54) is 18.3 Å². The minimum absolute atomic E-state index is 0.000789. The van der Waals surface area contributed by atoms with Gasteiger partial charge in [-0.3, -0.25) is 9.59 Å². The predicted octanol–water partition coefficient (Wildman–Crippen LogP) is 3.83. The van der Waals surface area contributed by atoms with Crippen LogP contribution in [0.4, 0.5) is 0 Å². The zero-order chi connectivity index (χ0) is 14.8. The number of nitrogens with one attached hydrogen (secondary N) is 1. The minimum Gasteiger partial charge on any atom is -0.344 e. The molecule has 0 saturated heterocycles. The number of hydrogen-bond donors (Lipinski definition) is 1. The van der Waals surface area contributed by atoms with Crippen LogP contribution in [0.2, 0.25) is 0 Å². The maximum absolute atomic E-state index is 12.4. The average Bonchev–Trinajstić information content (AvgIpc) is 3.20. The number of rotatable bonds is 5. The highest BCUT2D eigenvalue weighted by Crippen LogP contribution is 2.41. The van der Waals surface area contributed by atoms with Crippen LogP contribution in [-0.4, -0.2) is 11.7 Å². The van der Waals surface area contributed by atoms with Gasteiger partial charge in [0, 0.05) is 0 Å². The molecule has 1 aromatic heterocycles. The fraction of sp³-hybridized carbons (Fsp3) is 0.294. The van der Waals surface area contributed by atoms with Crippen molar-refractivity contribution in [2.45, 2.75) is 25.8 Å². The van der Waals surface area contributed by atoms with Crippen molar-refractivity contribution >= 4 is 23.0 Å². The summed E-state index contributed by atoms with van der Waals surface area (Å²) in [7, 11) is 0. The molecule has 3 nitrogen and oxygen atoms in total. The van der Waals surface area contributed by atoms with Crippen LogP contribution in [0.5, 0.6) is 0 Å². The van der Waals surface area contributed by atoms with E-state index in [0.29, 0.717) is 15.7 Å². The standard InChI is InChI=1S/C17H17NO2S/c1-11(19)14-9-10-15(21-14)17(20)18-16(13-7-8-13)12-5-3-2-4-6-12/h2-6,9-10,13,16H,7-8H2,1H3,(H,18,20)/t16-/m1/s1. The molecule has 0 spiro atoms. The number of benzene rings is 1. The molecule has 3 rings (SSSR count). The fourth-order valence-electron chi connectivity index (χ4n) is 2.42. The molecule has 0 bridgehead atoms. The molecule has 108 valence electrons. The zero-order valence-corrected chi connectivity index (χ0v) is 12.7. The minimum atomic E-state index is -0.0896. The number of thiophene rings is 1. The second kappa shape index (κ2) is 5.82. The smallest absolute Gasteiger partial charge is 0.261 e. The van der Waals surface area contributed by atoms with Crippen LogP contribution in [0.25, 0.3) is 0 Å². The van der Waals surface area contributed by atoms with Gasteiger partial charge in [-0.2, -0.15) is 0 Å². The Bertz CT molecular complexity index is 658. The second-order valence-corrected chi connectivity index (χ2v) is 6.50. The molecular formula is C17H17NO2S. The SMILES string of the molecule is CC(=O)c1ccc(C(=O)N[C@H](c2ccccc2)C2CC2)s1. The summed E-state index contributed by atoms with van der Waals surface area (Å²) in [6.45, 7) is 1.52.